The maximum absolute atomic E-state index is 14.5. The Hall–Kier alpha value is -3.80. The molecule has 6 rings (SSSR count). The van der Waals surface area contributed by atoms with Crippen molar-refractivity contribution in [2.75, 3.05) is 0 Å². The van der Waals surface area contributed by atoms with E-state index in [9.17, 15) is 17.6 Å². The predicted octanol–water partition coefficient (Wildman–Crippen LogP) is 6.80. The van der Waals surface area contributed by atoms with Crippen molar-refractivity contribution in [3.05, 3.63) is 83.9 Å². The van der Waals surface area contributed by atoms with Gasteiger partial charge in [0.25, 0.3) is 0 Å². The molecule has 6 aromatic rings. The number of benzene rings is 5. The van der Waals surface area contributed by atoms with Gasteiger partial charge >= 0.3 is 0 Å². The summed E-state index contributed by atoms with van der Waals surface area (Å²) in [6.45, 7) is 0. The quantitative estimate of drug-likeness (QED) is 0.0918. The number of aromatic nitrogens is 2. The first-order valence-electron chi connectivity index (χ1n) is 9.22. The first kappa shape index (κ1) is 17.1. The molecular weight excluding hydrogens is 392 g/mol. The molecule has 0 aliphatic carbocycles. The van der Waals surface area contributed by atoms with E-state index in [4.69, 9.17) is 0 Å². The molecule has 0 bridgehead atoms. The van der Waals surface area contributed by atoms with Crippen LogP contribution in [0.15, 0.2) is 60.7 Å². The van der Waals surface area contributed by atoms with Crippen LogP contribution in [-0.2, 0) is 0 Å². The molecule has 144 valence electrons. The Morgan fingerprint density at radius 2 is 1.00 bits per heavy atom. The zero-order valence-electron chi connectivity index (χ0n) is 15.2. The number of halogens is 4. The lowest BCUT2D eigenvalue weighted by Crippen LogP contribution is -2.02. The lowest BCUT2D eigenvalue weighted by molar-refractivity contribution is 0.416. The Morgan fingerprint density at radius 3 is 1.70 bits per heavy atom. The van der Waals surface area contributed by atoms with E-state index < -0.39 is 34.3 Å². The fraction of sp³-hybridized carbons (Fsp3) is 0. The highest BCUT2D eigenvalue weighted by atomic mass is 19.2. The first-order chi connectivity index (χ1) is 14.6. The minimum Gasteiger partial charge on any atom is -0.240 e. The van der Waals surface area contributed by atoms with Crippen LogP contribution in [0.1, 0.15) is 0 Å². The van der Waals surface area contributed by atoms with Crippen molar-refractivity contribution >= 4 is 54.4 Å². The average molecular weight is 402 g/mol. The Bertz CT molecular complexity index is 1690. The SMILES string of the molecule is Fc1c(F)c(F)c2nc3c(nc2c1F)c1ccccc1c1ccc2ccccc2c13. The van der Waals surface area contributed by atoms with Crippen LogP contribution in [0.3, 0.4) is 0 Å². The van der Waals surface area contributed by atoms with E-state index in [2.05, 4.69) is 9.97 Å². The normalized spacial score (nSPS) is 12.0. The molecule has 0 saturated carbocycles. The lowest BCUT2D eigenvalue weighted by atomic mass is 9.95. The fourth-order valence-electron chi connectivity index (χ4n) is 4.18. The zero-order valence-corrected chi connectivity index (χ0v) is 15.2. The van der Waals surface area contributed by atoms with Crippen molar-refractivity contribution in [2.45, 2.75) is 0 Å². The molecule has 6 heteroatoms. The van der Waals surface area contributed by atoms with Crippen LogP contribution in [0.25, 0.3) is 54.4 Å². The van der Waals surface area contributed by atoms with Gasteiger partial charge in [-0.2, -0.15) is 0 Å². The van der Waals surface area contributed by atoms with Gasteiger partial charge in [0.15, 0.2) is 23.3 Å². The standard InChI is InChI=1S/C24H10F4N2/c25-17-18(26)20(28)24-23(19(17)27)29-21-15-8-4-3-7-13(15)14-10-9-11-5-1-2-6-12(11)16(14)22(21)30-24/h1-10H. The molecule has 0 fully saturated rings. The summed E-state index contributed by atoms with van der Waals surface area (Å²) in [5, 5.41) is 4.84. The fourth-order valence-corrected chi connectivity index (χ4v) is 4.18. The summed E-state index contributed by atoms with van der Waals surface area (Å²) in [5.74, 6) is -6.91. The molecule has 2 nitrogen and oxygen atoms in total. The second-order valence-corrected chi connectivity index (χ2v) is 7.13. The lowest BCUT2D eigenvalue weighted by Gasteiger charge is -2.13. The molecule has 30 heavy (non-hydrogen) atoms. The highest BCUT2D eigenvalue weighted by Crippen LogP contribution is 2.38. The van der Waals surface area contributed by atoms with Crippen LogP contribution in [-0.4, -0.2) is 9.97 Å². The highest BCUT2D eigenvalue weighted by Gasteiger charge is 2.24. The number of fused-ring (bicyclic) bond motifs is 9. The zero-order chi connectivity index (χ0) is 20.6. The second kappa shape index (κ2) is 5.86. The molecule has 0 N–H and O–H groups in total. The Labute approximate surface area is 166 Å². The van der Waals surface area contributed by atoms with Crippen molar-refractivity contribution < 1.29 is 17.6 Å². The Kier molecular flexibility index (Phi) is 3.34. The summed E-state index contributed by atoms with van der Waals surface area (Å²) in [6.07, 6.45) is 0. The third-order valence-corrected chi connectivity index (χ3v) is 5.53. The molecule has 0 amide bonds. The topological polar surface area (TPSA) is 25.8 Å². The van der Waals surface area contributed by atoms with Crippen LogP contribution in [0.5, 0.6) is 0 Å². The summed E-state index contributed by atoms with van der Waals surface area (Å²) in [4.78, 5) is 8.53. The van der Waals surface area contributed by atoms with Gasteiger partial charge in [-0.1, -0.05) is 60.7 Å². The smallest absolute Gasteiger partial charge is 0.199 e. The number of hydrogen-bond acceptors (Lipinski definition) is 2. The highest BCUT2D eigenvalue weighted by molar-refractivity contribution is 6.30. The number of hydrogen-bond donors (Lipinski definition) is 0. The molecule has 1 heterocycles. The molecule has 1 aromatic heterocycles. The Morgan fingerprint density at radius 1 is 0.433 bits per heavy atom. The van der Waals surface area contributed by atoms with Crippen molar-refractivity contribution in [3.63, 3.8) is 0 Å². The minimum absolute atomic E-state index is 0.297. The summed E-state index contributed by atoms with van der Waals surface area (Å²) < 4.78 is 56.7. The van der Waals surface area contributed by atoms with E-state index in [0.29, 0.717) is 21.8 Å². The molecule has 0 unspecified atom stereocenters. The largest absolute Gasteiger partial charge is 0.240 e. The average Bonchev–Trinajstić information content (AvgIpc) is 2.80. The summed E-state index contributed by atoms with van der Waals surface area (Å²) in [5.41, 5.74) is -0.671. The summed E-state index contributed by atoms with van der Waals surface area (Å²) >= 11 is 0. The van der Waals surface area contributed by atoms with Crippen molar-refractivity contribution in [2.24, 2.45) is 0 Å². The third-order valence-electron chi connectivity index (χ3n) is 5.53. The summed E-state index contributed by atoms with van der Waals surface area (Å²) in [7, 11) is 0. The molecule has 0 aliphatic rings. The van der Waals surface area contributed by atoms with E-state index >= 15 is 0 Å². The van der Waals surface area contributed by atoms with E-state index in [-0.39, 0.29) is 0 Å². The van der Waals surface area contributed by atoms with Gasteiger partial charge in [0.1, 0.15) is 11.0 Å². The molecular formula is C24H10F4N2. The Balaban J connectivity index is 2.00. The molecule has 0 atom stereocenters. The van der Waals surface area contributed by atoms with Gasteiger partial charge in [0.05, 0.1) is 11.0 Å². The van der Waals surface area contributed by atoms with Gasteiger partial charge in [-0.25, -0.2) is 27.5 Å². The molecule has 5 aromatic carbocycles. The first-order valence-corrected chi connectivity index (χ1v) is 9.22. The van der Waals surface area contributed by atoms with Gasteiger partial charge < -0.3 is 0 Å². The van der Waals surface area contributed by atoms with E-state index in [0.717, 1.165) is 21.5 Å². The third kappa shape index (κ3) is 2.08. The monoisotopic (exact) mass is 402 g/mol. The maximum atomic E-state index is 14.5. The van der Waals surface area contributed by atoms with E-state index in [1.165, 1.54) is 0 Å². The molecule has 0 spiro atoms. The minimum atomic E-state index is -1.90. The second-order valence-electron chi connectivity index (χ2n) is 7.13. The molecule has 0 radical (unpaired) electrons. The van der Waals surface area contributed by atoms with Gasteiger partial charge in [0, 0.05) is 10.8 Å². The van der Waals surface area contributed by atoms with Crippen LogP contribution in [0, 0.1) is 23.3 Å². The van der Waals surface area contributed by atoms with E-state index in [1.807, 2.05) is 48.5 Å². The van der Waals surface area contributed by atoms with Crippen LogP contribution >= 0.6 is 0 Å². The van der Waals surface area contributed by atoms with Gasteiger partial charge in [-0.3, -0.25) is 0 Å². The summed E-state index contributed by atoms with van der Waals surface area (Å²) in [6, 6.07) is 18.9. The van der Waals surface area contributed by atoms with Crippen molar-refractivity contribution in [3.8, 4) is 0 Å². The number of rotatable bonds is 0. The van der Waals surface area contributed by atoms with Crippen molar-refractivity contribution in [1.29, 1.82) is 0 Å². The van der Waals surface area contributed by atoms with Gasteiger partial charge in [0.2, 0.25) is 0 Å². The molecule has 0 saturated heterocycles. The van der Waals surface area contributed by atoms with Gasteiger partial charge in [-0.15, -0.1) is 0 Å². The van der Waals surface area contributed by atoms with Crippen LogP contribution < -0.4 is 0 Å². The van der Waals surface area contributed by atoms with Crippen LogP contribution in [0.4, 0.5) is 17.6 Å². The van der Waals surface area contributed by atoms with Gasteiger partial charge in [-0.05, 0) is 21.5 Å². The number of nitrogens with zero attached hydrogens (tertiary/aromatic N) is 2. The maximum Gasteiger partial charge on any atom is 0.199 e. The van der Waals surface area contributed by atoms with E-state index in [1.54, 1.807) is 12.1 Å². The van der Waals surface area contributed by atoms with Crippen LogP contribution in [0.2, 0.25) is 0 Å². The molecule has 0 aliphatic heterocycles. The predicted molar refractivity (Wildman–Crippen MR) is 109 cm³/mol. The van der Waals surface area contributed by atoms with Crippen molar-refractivity contribution in [1.82, 2.24) is 9.97 Å².